The van der Waals surface area contributed by atoms with Crippen LogP contribution in [-0.2, 0) is 4.79 Å². The first kappa shape index (κ1) is 12.5. The van der Waals surface area contributed by atoms with Crippen LogP contribution in [0.4, 0.5) is 0 Å². The van der Waals surface area contributed by atoms with Crippen LogP contribution in [0.2, 0.25) is 0 Å². The number of aliphatic hydroxyl groups excluding tert-OH is 3. The summed E-state index contributed by atoms with van der Waals surface area (Å²) in [5.74, 6) is -1.59. The van der Waals surface area contributed by atoms with Crippen molar-refractivity contribution in [2.24, 2.45) is 11.7 Å². The van der Waals surface area contributed by atoms with Gasteiger partial charge in [0, 0.05) is 12.5 Å². The monoisotopic (exact) mass is 219 g/mol. The second kappa shape index (κ2) is 3.80. The van der Waals surface area contributed by atoms with E-state index in [-0.39, 0.29) is 6.42 Å². The van der Waals surface area contributed by atoms with Crippen LogP contribution in [-0.4, -0.2) is 56.7 Å². The van der Waals surface area contributed by atoms with E-state index < -0.39 is 42.2 Å². The van der Waals surface area contributed by atoms with Crippen LogP contribution in [0.15, 0.2) is 0 Å². The molecule has 0 saturated heterocycles. The Morgan fingerprint density at radius 3 is 2.47 bits per heavy atom. The fourth-order valence-electron chi connectivity index (χ4n) is 1.97. The van der Waals surface area contributed by atoms with Crippen molar-refractivity contribution in [3.05, 3.63) is 0 Å². The average Bonchev–Trinajstić information content (AvgIpc) is 2.21. The molecule has 0 aromatic rings. The highest BCUT2D eigenvalue weighted by atomic mass is 16.3. The Morgan fingerprint density at radius 2 is 2.07 bits per heavy atom. The molecule has 0 amide bonds. The summed E-state index contributed by atoms with van der Waals surface area (Å²) >= 11 is 0. The summed E-state index contributed by atoms with van der Waals surface area (Å²) in [7, 11) is 0. The maximum Gasteiger partial charge on any atom is 0.186 e. The zero-order chi connectivity index (χ0) is 11.9. The van der Waals surface area contributed by atoms with Crippen LogP contribution in [0.5, 0.6) is 0 Å². The van der Waals surface area contributed by atoms with Gasteiger partial charge in [-0.1, -0.05) is 0 Å². The smallest absolute Gasteiger partial charge is 0.186 e. The maximum atomic E-state index is 11.7. The lowest BCUT2D eigenvalue weighted by atomic mass is 9.66. The fourth-order valence-corrected chi connectivity index (χ4v) is 1.97. The third kappa shape index (κ3) is 1.79. The molecule has 1 unspecified atom stereocenters. The Labute approximate surface area is 87.3 Å². The van der Waals surface area contributed by atoms with Crippen molar-refractivity contribution in [2.45, 2.75) is 30.6 Å². The second-order valence-electron chi connectivity index (χ2n) is 4.41. The molecule has 1 fully saturated rings. The van der Waals surface area contributed by atoms with Crippen molar-refractivity contribution < 1.29 is 25.2 Å². The number of carbonyl (C=O) groups is 1. The van der Waals surface area contributed by atoms with Gasteiger partial charge in [-0.2, -0.15) is 0 Å². The van der Waals surface area contributed by atoms with Crippen molar-refractivity contribution in [3.8, 4) is 0 Å². The lowest BCUT2D eigenvalue weighted by molar-refractivity contribution is -0.168. The highest BCUT2D eigenvalue weighted by Gasteiger charge is 2.55. The van der Waals surface area contributed by atoms with Crippen LogP contribution in [0.25, 0.3) is 0 Å². The van der Waals surface area contributed by atoms with E-state index in [2.05, 4.69) is 0 Å². The number of Topliss-reactive ketones (excluding diaryl/α,β-unsaturated/α-hetero) is 1. The number of hydrogen-bond acceptors (Lipinski definition) is 6. The molecule has 0 spiro atoms. The molecule has 0 heterocycles. The predicted molar refractivity (Wildman–Crippen MR) is 50.8 cm³/mol. The number of nitrogens with two attached hydrogens (primary N) is 1. The van der Waals surface area contributed by atoms with Crippen LogP contribution < -0.4 is 5.73 Å². The van der Waals surface area contributed by atoms with Gasteiger partial charge in [-0.05, 0) is 13.3 Å². The molecule has 0 aliphatic heterocycles. The first-order valence-electron chi connectivity index (χ1n) is 4.75. The number of aliphatic hydroxyl groups is 4. The summed E-state index contributed by atoms with van der Waals surface area (Å²) in [6.45, 7) is 0.213. The van der Waals surface area contributed by atoms with E-state index in [0.717, 1.165) is 0 Å². The number of hydrogen-bond donors (Lipinski definition) is 5. The number of ketones is 1. The van der Waals surface area contributed by atoms with E-state index in [9.17, 15) is 15.0 Å². The summed E-state index contributed by atoms with van der Waals surface area (Å²) in [5.41, 5.74) is 2.36. The van der Waals surface area contributed by atoms with E-state index >= 15 is 0 Å². The molecule has 1 aliphatic rings. The predicted octanol–water partition coefficient (Wildman–Crippen LogP) is -2.63. The molecule has 6 N–H and O–H groups in total. The zero-order valence-electron chi connectivity index (χ0n) is 8.55. The van der Waals surface area contributed by atoms with Crippen LogP contribution >= 0.6 is 0 Å². The van der Waals surface area contributed by atoms with E-state index in [1.807, 2.05) is 0 Å². The molecule has 1 aliphatic carbocycles. The Morgan fingerprint density at radius 1 is 1.53 bits per heavy atom. The Kier molecular flexibility index (Phi) is 3.18. The lowest BCUT2D eigenvalue weighted by Gasteiger charge is -2.46. The minimum atomic E-state index is -1.67. The molecule has 88 valence electrons. The Balaban J connectivity index is 3.06. The molecule has 0 bridgehead atoms. The van der Waals surface area contributed by atoms with Gasteiger partial charge in [-0.25, -0.2) is 0 Å². The third-order valence-electron chi connectivity index (χ3n) is 3.17. The minimum absolute atomic E-state index is 0.0343. The molecule has 0 radical (unpaired) electrons. The molecule has 0 aromatic carbocycles. The second-order valence-corrected chi connectivity index (χ2v) is 4.41. The SMILES string of the molecule is C[C@@]1(O)CC(CO)[C@](N)(CO)C(=O)[C@H]1O. The topological polar surface area (TPSA) is 124 Å². The van der Waals surface area contributed by atoms with E-state index in [4.69, 9.17) is 15.9 Å². The van der Waals surface area contributed by atoms with Crippen LogP contribution in [0.3, 0.4) is 0 Å². The normalized spacial score (nSPS) is 46.9. The van der Waals surface area contributed by atoms with E-state index in [1.54, 1.807) is 0 Å². The number of rotatable bonds is 2. The molecule has 1 rings (SSSR count). The van der Waals surface area contributed by atoms with Crippen LogP contribution in [0.1, 0.15) is 13.3 Å². The summed E-state index contributed by atoms with van der Waals surface area (Å²) < 4.78 is 0. The Hall–Kier alpha value is -0.530. The summed E-state index contributed by atoms with van der Waals surface area (Å²) in [6, 6.07) is 0. The first-order valence-corrected chi connectivity index (χ1v) is 4.75. The van der Waals surface area contributed by atoms with Crippen molar-refractivity contribution in [2.75, 3.05) is 13.2 Å². The summed E-state index contributed by atoms with van der Waals surface area (Å²) in [5, 5.41) is 37.4. The third-order valence-corrected chi connectivity index (χ3v) is 3.17. The molecule has 4 atom stereocenters. The van der Waals surface area contributed by atoms with Crippen molar-refractivity contribution in [1.29, 1.82) is 0 Å². The summed E-state index contributed by atoms with van der Waals surface area (Å²) in [4.78, 5) is 11.7. The molecule has 15 heavy (non-hydrogen) atoms. The molecular weight excluding hydrogens is 202 g/mol. The molecule has 0 aromatic heterocycles. The fraction of sp³-hybridized carbons (Fsp3) is 0.889. The highest BCUT2D eigenvalue weighted by molar-refractivity contribution is 5.94. The average molecular weight is 219 g/mol. The van der Waals surface area contributed by atoms with E-state index in [0.29, 0.717) is 0 Å². The summed E-state index contributed by atoms with van der Waals surface area (Å²) in [6.07, 6.45) is -1.66. The molecule has 6 heteroatoms. The maximum absolute atomic E-state index is 11.7. The largest absolute Gasteiger partial charge is 0.396 e. The molecule has 6 nitrogen and oxygen atoms in total. The van der Waals surface area contributed by atoms with Crippen molar-refractivity contribution in [1.82, 2.24) is 0 Å². The van der Waals surface area contributed by atoms with Gasteiger partial charge in [0.2, 0.25) is 0 Å². The van der Waals surface area contributed by atoms with Gasteiger partial charge in [-0.3, -0.25) is 4.79 Å². The molecular formula is C9H17NO5. The van der Waals surface area contributed by atoms with Gasteiger partial charge in [0.15, 0.2) is 5.78 Å². The van der Waals surface area contributed by atoms with Crippen molar-refractivity contribution in [3.63, 3.8) is 0 Å². The minimum Gasteiger partial charge on any atom is -0.396 e. The number of carbonyl (C=O) groups excluding carboxylic acids is 1. The van der Waals surface area contributed by atoms with Gasteiger partial charge < -0.3 is 26.2 Å². The van der Waals surface area contributed by atoms with Gasteiger partial charge in [0.05, 0.1) is 12.2 Å². The van der Waals surface area contributed by atoms with Gasteiger partial charge in [-0.15, -0.1) is 0 Å². The van der Waals surface area contributed by atoms with Gasteiger partial charge >= 0.3 is 0 Å². The molecule has 1 saturated carbocycles. The van der Waals surface area contributed by atoms with Crippen LogP contribution in [0, 0.1) is 5.92 Å². The van der Waals surface area contributed by atoms with Gasteiger partial charge in [0.1, 0.15) is 11.6 Å². The quantitative estimate of drug-likeness (QED) is 0.346. The lowest BCUT2D eigenvalue weighted by Crippen LogP contribution is -2.70. The Bertz CT molecular complexity index is 267. The standard InChI is InChI=1S/C9H17NO5/c1-8(15)2-5(3-11)9(10,4-12)7(14)6(8)13/h5-6,11-13,15H,2-4,10H2,1H3/t5?,6-,8-,9-/m1/s1. The van der Waals surface area contributed by atoms with Gasteiger partial charge in [0.25, 0.3) is 0 Å². The van der Waals surface area contributed by atoms with E-state index in [1.165, 1.54) is 6.92 Å². The first-order chi connectivity index (χ1) is 6.79. The van der Waals surface area contributed by atoms with Crippen molar-refractivity contribution >= 4 is 5.78 Å². The zero-order valence-corrected chi connectivity index (χ0v) is 8.55. The highest BCUT2D eigenvalue weighted by Crippen LogP contribution is 2.35.